The number of benzene rings is 1. The van der Waals surface area contributed by atoms with Gasteiger partial charge in [0.2, 0.25) is 15.9 Å². The zero-order valence-corrected chi connectivity index (χ0v) is 20.2. The summed E-state index contributed by atoms with van der Waals surface area (Å²) in [7, 11) is -1.51. The molecule has 1 amide bonds. The van der Waals surface area contributed by atoms with Gasteiger partial charge in [0.25, 0.3) is 0 Å². The Morgan fingerprint density at radius 2 is 1.48 bits per heavy atom. The second-order valence-electron chi connectivity index (χ2n) is 8.58. The average molecular weight is 474 g/mol. The number of likely N-dealkylation sites (N-methyl/N-ethyl adjacent to an activating group) is 1. The molecule has 0 saturated carbocycles. The fourth-order valence-corrected chi connectivity index (χ4v) is 5.86. The summed E-state index contributed by atoms with van der Waals surface area (Å²) in [5.41, 5.74) is 1.19. The van der Waals surface area contributed by atoms with Gasteiger partial charge in [-0.3, -0.25) is 4.79 Å². The minimum atomic E-state index is -3.63. The van der Waals surface area contributed by atoms with Gasteiger partial charge in [0.05, 0.1) is 4.90 Å². The first-order chi connectivity index (χ1) is 15.7. The molecule has 11 heteroatoms. The monoisotopic (exact) mass is 473 g/mol. The van der Waals surface area contributed by atoms with E-state index in [-0.39, 0.29) is 10.8 Å². The molecule has 2 aliphatic rings. The SMILES string of the molecule is CC(=O)Nc1ccc(S(=O)(=O)N2CCN(c3cc(N4CCN(C)CC4)ncn3)CC2)c(C)c1. The molecule has 0 spiro atoms. The summed E-state index contributed by atoms with van der Waals surface area (Å²) < 4.78 is 28.0. The van der Waals surface area contributed by atoms with E-state index in [1.807, 2.05) is 6.07 Å². The lowest BCUT2D eigenvalue weighted by Gasteiger charge is -2.36. The first-order valence-corrected chi connectivity index (χ1v) is 12.6. The van der Waals surface area contributed by atoms with E-state index in [1.165, 1.54) is 11.2 Å². The number of hydrogen-bond donors (Lipinski definition) is 1. The highest BCUT2D eigenvalue weighted by Crippen LogP contribution is 2.26. The number of aromatic nitrogens is 2. The Hall–Kier alpha value is -2.76. The number of piperazine rings is 2. The first-order valence-electron chi connectivity index (χ1n) is 11.1. The van der Waals surface area contributed by atoms with E-state index < -0.39 is 10.0 Å². The number of carbonyl (C=O) groups excluding carboxylic acids is 1. The molecular weight excluding hydrogens is 442 g/mol. The van der Waals surface area contributed by atoms with Gasteiger partial charge in [-0.05, 0) is 37.7 Å². The van der Waals surface area contributed by atoms with E-state index in [2.05, 4.69) is 37.0 Å². The van der Waals surface area contributed by atoms with Crippen LogP contribution >= 0.6 is 0 Å². The topological polar surface area (TPSA) is 102 Å². The number of nitrogens with zero attached hydrogens (tertiary/aromatic N) is 6. The zero-order chi connectivity index (χ0) is 23.6. The number of anilines is 3. The van der Waals surface area contributed by atoms with E-state index >= 15 is 0 Å². The van der Waals surface area contributed by atoms with Crippen LogP contribution in [0.5, 0.6) is 0 Å². The average Bonchev–Trinajstić information content (AvgIpc) is 2.79. The summed E-state index contributed by atoms with van der Waals surface area (Å²) in [5.74, 6) is 1.55. The number of nitrogens with one attached hydrogen (secondary N) is 1. The van der Waals surface area contributed by atoms with E-state index in [0.29, 0.717) is 37.4 Å². The van der Waals surface area contributed by atoms with E-state index in [9.17, 15) is 13.2 Å². The summed E-state index contributed by atoms with van der Waals surface area (Å²) >= 11 is 0. The fourth-order valence-electron chi connectivity index (χ4n) is 4.24. The van der Waals surface area contributed by atoms with Gasteiger partial charge in [-0.1, -0.05) is 0 Å². The van der Waals surface area contributed by atoms with Crippen molar-refractivity contribution in [1.82, 2.24) is 19.2 Å². The van der Waals surface area contributed by atoms with Crippen LogP contribution in [0.1, 0.15) is 12.5 Å². The minimum absolute atomic E-state index is 0.193. The van der Waals surface area contributed by atoms with Gasteiger partial charge >= 0.3 is 0 Å². The highest BCUT2D eigenvalue weighted by atomic mass is 32.2. The van der Waals surface area contributed by atoms with Crippen molar-refractivity contribution in [3.63, 3.8) is 0 Å². The molecular formula is C22H31N7O3S. The molecule has 0 aliphatic carbocycles. The smallest absolute Gasteiger partial charge is 0.243 e. The maximum absolute atomic E-state index is 13.3. The van der Waals surface area contributed by atoms with Crippen LogP contribution in [0.2, 0.25) is 0 Å². The Morgan fingerprint density at radius 3 is 2.03 bits per heavy atom. The number of amides is 1. The van der Waals surface area contributed by atoms with Gasteiger partial charge in [0, 0.05) is 71.0 Å². The van der Waals surface area contributed by atoms with Gasteiger partial charge in [0.15, 0.2) is 0 Å². The number of hydrogen-bond acceptors (Lipinski definition) is 8. The predicted molar refractivity (Wildman–Crippen MR) is 128 cm³/mol. The Morgan fingerprint density at radius 1 is 0.909 bits per heavy atom. The molecule has 2 saturated heterocycles. The van der Waals surface area contributed by atoms with Crippen molar-refractivity contribution in [2.45, 2.75) is 18.7 Å². The number of aryl methyl sites for hydroxylation is 1. The van der Waals surface area contributed by atoms with Crippen LogP contribution in [-0.4, -0.2) is 92.9 Å². The number of sulfonamides is 1. The molecule has 2 fully saturated rings. The fraction of sp³-hybridized carbons (Fsp3) is 0.500. The standard InChI is InChI=1S/C22H31N7O3S/c1-17-14-19(25-18(2)30)4-5-20(17)33(31,32)29-12-10-28(11-13-29)22-15-21(23-16-24-22)27-8-6-26(3)7-9-27/h4-5,14-16H,6-13H2,1-3H3,(H,25,30). The molecule has 1 N–H and O–H groups in total. The van der Waals surface area contributed by atoms with Crippen molar-refractivity contribution in [2.24, 2.45) is 0 Å². The largest absolute Gasteiger partial charge is 0.354 e. The van der Waals surface area contributed by atoms with Crippen molar-refractivity contribution in [2.75, 3.05) is 74.5 Å². The van der Waals surface area contributed by atoms with E-state index in [1.54, 1.807) is 31.5 Å². The van der Waals surface area contributed by atoms with Crippen molar-refractivity contribution >= 4 is 33.3 Å². The predicted octanol–water partition coefficient (Wildman–Crippen LogP) is 1.01. The molecule has 0 unspecified atom stereocenters. The quantitative estimate of drug-likeness (QED) is 0.687. The second kappa shape index (κ2) is 9.62. The zero-order valence-electron chi connectivity index (χ0n) is 19.4. The Balaban J connectivity index is 1.42. The van der Waals surface area contributed by atoms with Crippen molar-refractivity contribution < 1.29 is 13.2 Å². The first kappa shape index (κ1) is 23.4. The van der Waals surface area contributed by atoms with Crippen LogP contribution in [-0.2, 0) is 14.8 Å². The molecule has 2 aliphatic heterocycles. The Kier molecular flexibility index (Phi) is 6.82. The molecule has 1 aromatic heterocycles. The van der Waals surface area contributed by atoms with Crippen LogP contribution in [0.15, 0.2) is 35.5 Å². The molecule has 33 heavy (non-hydrogen) atoms. The molecule has 0 atom stereocenters. The van der Waals surface area contributed by atoms with Crippen molar-refractivity contribution in [3.8, 4) is 0 Å². The Labute approximate surface area is 195 Å². The maximum Gasteiger partial charge on any atom is 0.243 e. The normalized spacial score (nSPS) is 18.4. The third kappa shape index (κ3) is 5.26. The summed E-state index contributed by atoms with van der Waals surface area (Å²) in [6, 6.07) is 6.87. The number of carbonyl (C=O) groups is 1. The van der Waals surface area contributed by atoms with Gasteiger partial charge in [-0.2, -0.15) is 4.31 Å². The molecule has 0 bridgehead atoms. The molecule has 2 aromatic rings. The summed E-state index contributed by atoms with van der Waals surface area (Å²) in [6.45, 7) is 8.90. The van der Waals surface area contributed by atoms with Gasteiger partial charge < -0.3 is 20.0 Å². The van der Waals surface area contributed by atoms with Crippen LogP contribution < -0.4 is 15.1 Å². The van der Waals surface area contributed by atoms with Gasteiger partial charge in [-0.25, -0.2) is 18.4 Å². The minimum Gasteiger partial charge on any atom is -0.354 e. The van der Waals surface area contributed by atoms with Gasteiger partial charge in [0.1, 0.15) is 18.0 Å². The summed E-state index contributed by atoms with van der Waals surface area (Å²) in [4.78, 5) is 27.1. The number of rotatable bonds is 5. The third-order valence-electron chi connectivity index (χ3n) is 6.14. The van der Waals surface area contributed by atoms with Crippen LogP contribution in [0.4, 0.5) is 17.3 Å². The van der Waals surface area contributed by atoms with E-state index in [0.717, 1.165) is 37.8 Å². The summed E-state index contributed by atoms with van der Waals surface area (Å²) in [5, 5.41) is 2.69. The molecule has 0 radical (unpaired) electrons. The van der Waals surface area contributed by atoms with Crippen molar-refractivity contribution in [3.05, 3.63) is 36.2 Å². The molecule has 178 valence electrons. The lowest BCUT2D eigenvalue weighted by molar-refractivity contribution is -0.114. The molecule has 3 heterocycles. The third-order valence-corrected chi connectivity index (χ3v) is 8.20. The molecule has 4 rings (SSSR count). The highest BCUT2D eigenvalue weighted by Gasteiger charge is 2.30. The maximum atomic E-state index is 13.3. The molecule has 10 nitrogen and oxygen atoms in total. The van der Waals surface area contributed by atoms with Gasteiger partial charge in [-0.15, -0.1) is 0 Å². The van der Waals surface area contributed by atoms with Crippen LogP contribution in [0.3, 0.4) is 0 Å². The summed E-state index contributed by atoms with van der Waals surface area (Å²) in [6.07, 6.45) is 1.59. The van der Waals surface area contributed by atoms with E-state index in [4.69, 9.17) is 0 Å². The van der Waals surface area contributed by atoms with Crippen LogP contribution in [0, 0.1) is 6.92 Å². The Bertz CT molecular complexity index is 1110. The van der Waals surface area contributed by atoms with Crippen molar-refractivity contribution in [1.29, 1.82) is 0 Å². The van der Waals surface area contributed by atoms with Crippen LogP contribution in [0.25, 0.3) is 0 Å². The highest BCUT2D eigenvalue weighted by molar-refractivity contribution is 7.89. The lowest BCUT2D eigenvalue weighted by Crippen LogP contribution is -2.49. The second-order valence-corrected chi connectivity index (χ2v) is 10.5. The lowest BCUT2D eigenvalue weighted by atomic mass is 10.2. The molecule has 1 aromatic carbocycles.